The first kappa shape index (κ1) is 9.06. The molecule has 0 aromatic rings. The van der Waals surface area contributed by atoms with Gasteiger partial charge in [0.05, 0.1) is 0 Å². The minimum Gasteiger partial charge on any atom is -0.503 e. The van der Waals surface area contributed by atoms with Crippen LogP contribution < -0.4 is 0 Å². The fourth-order valence-electron chi connectivity index (χ4n) is 1.04. The van der Waals surface area contributed by atoms with Crippen LogP contribution in [0.25, 0.3) is 0 Å². The smallest absolute Gasteiger partial charge is 0.288 e. The highest BCUT2D eigenvalue weighted by Crippen LogP contribution is 2.06. The monoisotopic (exact) mass is 170 g/mol. The van der Waals surface area contributed by atoms with Crippen molar-refractivity contribution in [2.24, 2.45) is 0 Å². The van der Waals surface area contributed by atoms with Crippen molar-refractivity contribution in [2.45, 2.75) is 0 Å². The normalized spacial score (nSPS) is 17.4. The minimum atomic E-state index is -0.253. The van der Waals surface area contributed by atoms with Crippen molar-refractivity contribution in [3.05, 3.63) is 11.8 Å². The standard InChI is InChI=1S/C8H14N2O2/c1-9(2)5-6-10-4-3-7(11)8(10)12/h3,11H,4-6H2,1-2H3. The first-order chi connectivity index (χ1) is 5.61. The van der Waals surface area contributed by atoms with Gasteiger partial charge in [0.2, 0.25) is 0 Å². The molecule has 0 aromatic heterocycles. The second kappa shape index (κ2) is 3.58. The van der Waals surface area contributed by atoms with Gasteiger partial charge in [-0.05, 0) is 20.2 Å². The van der Waals surface area contributed by atoms with Gasteiger partial charge in [0, 0.05) is 19.6 Å². The van der Waals surface area contributed by atoms with Gasteiger partial charge in [-0.15, -0.1) is 0 Å². The van der Waals surface area contributed by atoms with Crippen molar-refractivity contribution in [2.75, 3.05) is 33.7 Å². The Morgan fingerprint density at radius 2 is 2.33 bits per heavy atom. The molecule has 0 aromatic carbocycles. The molecule has 0 bridgehead atoms. The van der Waals surface area contributed by atoms with Crippen molar-refractivity contribution < 1.29 is 9.90 Å². The molecule has 1 aliphatic heterocycles. The van der Waals surface area contributed by atoms with Gasteiger partial charge in [-0.3, -0.25) is 4.79 Å². The fraction of sp³-hybridized carbons (Fsp3) is 0.625. The Morgan fingerprint density at radius 1 is 1.67 bits per heavy atom. The van der Waals surface area contributed by atoms with Crippen LogP contribution in [0.3, 0.4) is 0 Å². The summed E-state index contributed by atoms with van der Waals surface area (Å²) in [5.74, 6) is -0.370. The predicted octanol–water partition coefficient (Wildman–Crippen LogP) is -0.168. The molecule has 0 saturated carbocycles. The minimum absolute atomic E-state index is 0.117. The molecular weight excluding hydrogens is 156 g/mol. The molecule has 12 heavy (non-hydrogen) atoms. The molecule has 1 aliphatic rings. The van der Waals surface area contributed by atoms with E-state index in [0.717, 1.165) is 6.54 Å². The van der Waals surface area contributed by atoms with Crippen molar-refractivity contribution in [1.29, 1.82) is 0 Å². The summed E-state index contributed by atoms with van der Waals surface area (Å²) in [6.45, 7) is 2.04. The van der Waals surface area contributed by atoms with Gasteiger partial charge in [-0.2, -0.15) is 0 Å². The number of carbonyl (C=O) groups is 1. The predicted molar refractivity (Wildman–Crippen MR) is 45.8 cm³/mol. The summed E-state index contributed by atoms with van der Waals surface area (Å²) in [6, 6.07) is 0. The van der Waals surface area contributed by atoms with E-state index in [2.05, 4.69) is 0 Å². The van der Waals surface area contributed by atoms with E-state index in [1.54, 1.807) is 4.90 Å². The zero-order chi connectivity index (χ0) is 9.14. The van der Waals surface area contributed by atoms with Gasteiger partial charge >= 0.3 is 0 Å². The molecule has 1 heterocycles. The number of amides is 1. The van der Waals surface area contributed by atoms with Gasteiger partial charge in [0.1, 0.15) is 0 Å². The van der Waals surface area contributed by atoms with E-state index in [1.165, 1.54) is 6.08 Å². The lowest BCUT2D eigenvalue weighted by Gasteiger charge is -2.18. The highest BCUT2D eigenvalue weighted by Gasteiger charge is 2.22. The summed E-state index contributed by atoms with van der Waals surface area (Å²) in [5.41, 5.74) is 0. The molecule has 1 N–H and O–H groups in total. The number of nitrogens with zero attached hydrogens (tertiary/aromatic N) is 2. The molecule has 4 nitrogen and oxygen atoms in total. The first-order valence-electron chi connectivity index (χ1n) is 3.94. The van der Waals surface area contributed by atoms with Crippen molar-refractivity contribution in [3.63, 3.8) is 0 Å². The molecule has 68 valence electrons. The van der Waals surface area contributed by atoms with E-state index in [4.69, 9.17) is 5.11 Å². The highest BCUT2D eigenvalue weighted by molar-refractivity contribution is 5.93. The third-order valence-electron chi connectivity index (χ3n) is 1.83. The summed E-state index contributed by atoms with van der Waals surface area (Å²) < 4.78 is 0. The van der Waals surface area contributed by atoms with Crippen LogP contribution in [-0.4, -0.2) is 54.5 Å². The van der Waals surface area contributed by atoms with Gasteiger partial charge in [-0.25, -0.2) is 0 Å². The lowest BCUT2D eigenvalue weighted by atomic mass is 10.5. The second-order valence-electron chi connectivity index (χ2n) is 3.14. The second-order valence-corrected chi connectivity index (χ2v) is 3.14. The van der Waals surface area contributed by atoms with E-state index in [-0.39, 0.29) is 11.7 Å². The molecule has 0 aliphatic carbocycles. The van der Waals surface area contributed by atoms with E-state index < -0.39 is 0 Å². The molecule has 0 unspecified atom stereocenters. The van der Waals surface area contributed by atoms with Gasteiger partial charge < -0.3 is 14.9 Å². The molecule has 1 amide bonds. The van der Waals surface area contributed by atoms with E-state index in [9.17, 15) is 4.79 Å². The topological polar surface area (TPSA) is 43.8 Å². The van der Waals surface area contributed by atoms with Crippen LogP contribution >= 0.6 is 0 Å². The number of aliphatic hydroxyl groups is 1. The van der Waals surface area contributed by atoms with Crippen LogP contribution in [0.15, 0.2) is 11.8 Å². The zero-order valence-electron chi connectivity index (χ0n) is 7.45. The fourth-order valence-corrected chi connectivity index (χ4v) is 1.04. The summed E-state index contributed by atoms with van der Waals surface area (Å²) in [6.07, 6.45) is 1.54. The third kappa shape index (κ3) is 1.98. The van der Waals surface area contributed by atoms with Gasteiger partial charge in [0.15, 0.2) is 5.76 Å². The van der Waals surface area contributed by atoms with Crippen LogP contribution in [0.4, 0.5) is 0 Å². The Kier molecular flexibility index (Phi) is 2.70. The van der Waals surface area contributed by atoms with E-state index in [0.29, 0.717) is 13.1 Å². The summed E-state index contributed by atoms with van der Waals surface area (Å²) in [4.78, 5) is 14.7. The molecule has 1 rings (SSSR count). The van der Waals surface area contributed by atoms with Crippen LogP contribution in [0.2, 0.25) is 0 Å². The molecule has 0 fully saturated rings. The Morgan fingerprint density at radius 3 is 2.75 bits per heavy atom. The SMILES string of the molecule is CN(C)CCN1CC=C(O)C1=O. The maximum atomic E-state index is 11.1. The molecule has 4 heteroatoms. The average Bonchev–Trinajstić information content (AvgIpc) is 2.30. The Bertz CT molecular complexity index is 211. The zero-order valence-corrected chi connectivity index (χ0v) is 7.45. The van der Waals surface area contributed by atoms with E-state index in [1.807, 2.05) is 19.0 Å². The van der Waals surface area contributed by atoms with E-state index >= 15 is 0 Å². The van der Waals surface area contributed by atoms with Crippen molar-refractivity contribution in [1.82, 2.24) is 9.80 Å². The Labute approximate surface area is 72.1 Å². The van der Waals surface area contributed by atoms with Crippen molar-refractivity contribution >= 4 is 5.91 Å². The Hall–Kier alpha value is -1.03. The molecule has 0 radical (unpaired) electrons. The maximum Gasteiger partial charge on any atom is 0.288 e. The average molecular weight is 170 g/mol. The summed E-state index contributed by atoms with van der Waals surface area (Å²) >= 11 is 0. The molecular formula is C8H14N2O2. The van der Waals surface area contributed by atoms with Crippen LogP contribution in [-0.2, 0) is 4.79 Å². The van der Waals surface area contributed by atoms with Crippen LogP contribution in [0.5, 0.6) is 0 Å². The number of aliphatic hydroxyl groups excluding tert-OH is 1. The van der Waals surface area contributed by atoms with Crippen LogP contribution in [0.1, 0.15) is 0 Å². The summed E-state index contributed by atoms with van der Waals surface area (Å²) in [7, 11) is 3.90. The molecule has 0 saturated heterocycles. The number of carbonyl (C=O) groups excluding carboxylic acids is 1. The quantitative estimate of drug-likeness (QED) is 0.639. The highest BCUT2D eigenvalue weighted by atomic mass is 16.3. The van der Waals surface area contributed by atoms with Gasteiger partial charge in [0.25, 0.3) is 5.91 Å². The lowest BCUT2D eigenvalue weighted by molar-refractivity contribution is -0.127. The maximum absolute atomic E-state index is 11.1. The number of rotatable bonds is 3. The van der Waals surface area contributed by atoms with Crippen molar-refractivity contribution in [3.8, 4) is 0 Å². The lowest BCUT2D eigenvalue weighted by Crippen LogP contribution is -2.33. The largest absolute Gasteiger partial charge is 0.503 e. The molecule has 0 spiro atoms. The van der Waals surface area contributed by atoms with Crippen LogP contribution in [0, 0.1) is 0 Å². The first-order valence-corrected chi connectivity index (χ1v) is 3.94. The third-order valence-corrected chi connectivity index (χ3v) is 1.83. The number of hydrogen-bond acceptors (Lipinski definition) is 3. The Balaban J connectivity index is 2.33. The van der Waals surface area contributed by atoms with Gasteiger partial charge in [-0.1, -0.05) is 0 Å². The number of likely N-dealkylation sites (N-methyl/N-ethyl adjacent to an activating group) is 1. The number of hydrogen-bond donors (Lipinski definition) is 1. The summed E-state index contributed by atoms with van der Waals surface area (Å²) in [5, 5.41) is 8.99. The molecule has 0 atom stereocenters.